The van der Waals surface area contributed by atoms with Crippen LogP contribution in [-0.4, -0.2) is 33.7 Å². The summed E-state index contributed by atoms with van der Waals surface area (Å²) in [7, 11) is 0. The number of imide groups is 2. The molecule has 0 unspecified atom stereocenters. The van der Waals surface area contributed by atoms with Gasteiger partial charge in [0.25, 0.3) is 11.8 Å². The average Bonchev–Trinajstić information content (AvgIpc) is 3.52. The molecule has 0 radical (unpaired) electrons. The molecule has 3 fully saturated rings. The summed E-state index contributed by atoms with van der Waals surface area (Å²) in [5.41, 5.74) is 8.80. The smallest absolute Gasteiger partial charge is 0.260 e. The van der Waals surface area contributed by atoms with E-state index in [2.05, 4.69) is 18.4 Å². The first kappa shape index (κ1) is 32.7. The molecular weight excluding hydrogens is 638 g/mol. The number of rotatable bonds is 6. The number of phenolic OH excluding ortho intramolecular Hbond substituents is 1. The molecule has 2 heterocycles. The number of amides is 4. The van der Waals surface area contributed by atoms with Gasteiger partial charge in [0.2, 0.25) is 11.8 Å². The number of allylic oxidation sites excluding steroid dienone is 2. The maximum Gasteiger partial charge on any atom is 0.260 e. The van der Waals surface area contributed by atoms with Crippen LogP contribution in [0.5, 0.6) is 5.75 Å². The van der Waals surface area contributed by atoms with Crippen LogP contribution in [0.4, 0.5) is 11.4 Å². The molecule has 2 aliphatic heterocycles. The Hall–Kier alpha value is -5.50. The number of aryl methyl sites for hydroxylation is 4. The number of benzene rings is 4. The van der Waals surface area contributed by atoms with Gasteiger partial charge in [-0.05, 0) is 98.0 Å². The Morgan fingerprint density at radius 2 is 1.47 bits per heavy atom. The molecule has 8 rings (SSSR count). The zero-order chi connectivity index (χ0) is 35.8. The van der Waals surface area contributed by atoms with Crippen LogP contribution in [0.15, 0.2) is 103 Å². The molecule has 8 nitrogen and oxygen atoms in total. The van der Waals surface area contributed by atoms with Gasteiger partial charge in [0.1, 0.15) is 5.75 Å². The van der Waals surface area contributed by atoms with Crippen LogP contribution in [0, 0.1) is 44.4 Å². The van der Waals surface area contributed by atoms with E-state index >= 15 is 4.79 Å². The number of anilines is 2. The Labute approximate surface area is 297 Å². The van der Waals surface area contributed by atoms with Gasteiger partial charge >= 0.3 is 0 Å². The first-order valence-corrected chi connectivity index (χ1v) is 17.8. The van der Waals surface area contributed by atoms with Crippen LogP contribution in [-0.2, 0) is 31.0 Å². The minimum atomic E-state index is -1.36. The Balaban J connectivity index is 1.32. The molecule has 4 aliphatic rings. The van der Waals surface area contributed by atoms with E-state index < -0.39 is 35.0 Å². The lowest BCUT2D eigenvalue weighted by Crippen LogP contribution is -2.53. The summed E-state index contributed by atoms with van der Waals surface area (Å²) in [6.07, 6.45) is 3.48. The summed E-state index contributed by atoms with van der Waals surface area (Å²) in [5.74, 6) is -4.26. The molecule has 8 heteroatoms. The second-order valence-electron chi connectivity index (χ2n) is 14.6. The monoisotopic (exact) mass is 679 g/mol. The number of aromatic hydroxyl groups is 1. The lowest BCUT2D eigenvalue weighted by atomic mass is 9.49. The highest BCUT2D eigenvalue weighted by atomic mass is 16.3. The number of carbonyl (C=O) groups excluding carboxylic acids is 4. The Morgan fingerprint density at radius 1 is 0.804 bits per heavy atom. The van der Waals surface area contributed by atoms with Crippen LogP contribution >= 0.6 is 0 Å². The third kappa shape index (κ3) is 4.79. The van der Waals surface area contributed by atoms with Crippen molar-refractivity contribution < 1.29 is 24.3 Å². The summed E-state index contributed by atoms with van der Waals surface area (Å²) in [6.45, 7) is 7.69. The number of nitrogens with zero attached hydrogens (tertiary/aromatic N) is 2. The lowest BCUT2D eigenvalue weighted by Gasteiger charge is -2.50. The van der Waals surface area contributed by atoms with Crippen molar-refractivity contribution in [3.05, 3.63) is 136 Å². The minimum Gasteiger partial charge on any atom is -0.507 e. The summed E-state index contributed by atoms with van der Waals surface area (Å²) < 4.78 is 0. The number of fused-ring (bicyclic) bond motifs is 4. The van der Waals surface area contributed by atoms with Gasteiger partial charge in [-0.1, -0.05) is 90.9 Å². The van der Waals surface area contributed by atoms with Crippen LogP contribution in [0.2, 0.25) is 0 Å². The van der Waals surface area contributed by atoms with Crippen molar-refractivity contribution in [3.8, 4) is 5.75 Å². The topological polar surface area (TPSA) is 107 Å². The molecule has 4 amide bonds. The first-order chi connectivity index (χ1) is 24.6. The number of nitrogens with one attached hydrogen (secondary N) is 1. The van der Waals surface area contributed by atoms with E-state index in [0.717, 1.165) is 28.7 Å². The molecule has 2 N–H and O–H groups in total. The first-order valence-electron chi connectivity index (χ1n) is 17.8. The van der Waals surface area contributed by atoms with E-state index in [4.69, 9.17) is 0 Å². The third-order valence-corrected chi connectivity index (χ3v) is 11.8. The normalized spacial score (nSPS) is 26.9. The van der Waals surface area contributed by atoms with E-state index in [-0.39, 0.29) is 35.8 Å². The van der Waals surface area contributed by atoms with Gasteiger partial charge in [-0.15, -0.1) is 0 Å². The fourth-order valence-electron chi connectivity index (χ4n) is 9.41. The molecule has 4 aromatic carbocycles. The molecule has 2 saturated heterocycles. The zero-order valence-corrected chi connectivity index (χ0v) is 29.2. The van der Waals surface area contributed by atoms with E-state index in [0.29, 0.717) is 34.5 Å². The Bertz CT molecular complexity index is 2100. The number of hydrogen-bond acceptors (Lipinski definition) is 6. The highest BCUT2D eigenvalue weighted by molar-refractivity contribution is 6.22. The third-order valence-electron chi connectivity index (χ3n) is 11.8. The predicted molar refractivity (Wildman–Crippen MR) is 195 cm³/mol. The van der Waals surface area contributed by atoms with E-state index in [9.17, 15) is 19.5 Å². The van der Waals surface area contributed by atoms with Gasteiger partial charge in [0.15, 0.2) is 0 Å². The van der Waals surface area contributed by atoms with Crippen molar-refractivity contribution in [3.63, 3.8) is 0 Å². The van der Waals surface area contributed by atoms with Crippen molar-refractivity contribution in [2.75, 3.05) is 10.3 Å². The fraction of sp³-hybridized carbons (Fsp3) is 0.302. The summed E-state index contributed by atoms with van der Waals surface area (Å²) >= 11 is 0. The molecule has 6 atom stereocenters. The second-order valence-corrected chi connectivity index (χ2v) is 14.6. The van der Waals surface area contributed by atoms with Gasteiger partial charge in [-0.2, -0.15) is 5.01 Å². The van der Waals surface area contributed by atoms with E-state index in [1.54, 1.807) is 0 Å². The van der Waals surface area contributed by atoms with Crippen molar-refractivity contribution in [2.24, 2.45) is 23.7 Å². The maximum atomic E-state index is 15.3. The Morgan fingerprint density at radius 3 is 2.12 bits per heavy atom. The number of phenols is 1. The van der Waals surface area contributed by atoms with Gasteiger partial charge in [-0.3, -0.25) is 29.5 Å². The molecular formula is C43H41N3O5. The zero-order valence-electron chi connectivity index (χ0n) is 29.2. The van der Waals surface area contributed by atoms with E-state index in [1.807, 2.05) is 112 Å². The molecule has 51 heavy (non-hydrogen) atoms. The quantitative estimate of drug-likeness (QED) is 0.167. The summed E-state index contributed by atoms with van der Waals surface area (Å²) in [4.78, 5) is 60.1. The van der Waals surface area contributed by atoms with E-state index in [1.165, 1.54) is 9.91 Å². The van der Waals surface area contributed by atoms with Crippen LogP contribution < -0.4 is 10.3 Å². The molecule has 0 aromatic heterocycles. The number of hydrazine groups is 1. The van der Waals surface area contributed by atoms with Crippen molar-refractivity contribution in [2.45, 2.75) is 58.3 Å². The van der Waals surface area contributed by atoms with Crippen molar-refractivity contribution in [1.29, 1.82) is 0 Å². The standard InChI is InChI=1S/C43H41N3O5/c1-5-27-13-17-31(18-14-27)45-39(48)33-20-19-32-34(36(33)41(45)50)23-35-40(49)46(44-30-15-11-24(2)12-16-30)42(51)43(35,29-9-7-6-8-10-29)37(32)28-21-25(3)38(47)26(4)22-28/h6-19,21-22,33-37,44,47H,5,20,23H2,1-4H3/t33-,34+,35-,36-,37-,43+/m0/s1. The highest BCUT2D eigenvalue weighted by Gasteiger charge is 2.70. The van der Waals surface area contributed by atoms with Gasteiger partial charge in [-0.25, -0.2) is 0 Å². The molecule has 2 aliphatic carbocycles. The largest absolute Gasteiger partial charge is 0.507 e. The van der Waals surface area contributed by atoms with Crippen LogP contribution in [0.25, 0.3) is 0 Å². The lowest BCUT2D eigenvalue weighted by molar-refractivity contribution is -0.138. The van der Waals surface area contributed by atoms with Crippen molar-refractivity contribution in [1.82, 2.24) is 5.01 Å². The second kappa shape index (κ2) is 12.1. The average molecular weight is 680 g/mol. The van der Waals surface area contributed by atoms with Gasteiger partial charge in [0, 0.05) is 5.92 Å². The van der Waals surface area contributed by atoms with Gasteiger partial charge in [0.05, 0.1) is 34.5 Å². The summed E-state index contributed by atoms with van der Waals surface area (Å²) in [5, 5.41) is 12.0. The maximum absolute atomic E-state index is 15.3. The Kier molecular flexibility index (Phi) is 7.74. The molecule has 258 valence electrons. The molecule has 0 spiro atoms. The predicted octanol–water partition coefficient (Wildman–Crippen LogP) is 7.07. The fourth-order valence-corrected chi connectivity index (χ4v) is 9.41. The molecule has 4 aromatic rings. The summed E-state index contributed by atoms with van der Waals surface area (Å²) in [6, 6.07) is 28.4. The van der Waals surface area contributed by atoms with Crippen molar-refractivity contribution >= 4 is 35.0 Å². The van der Waals surface area contributed by atoms with Crippen LogP contribution in [0.3, 0.4) is 0 Å². The SMILES string of the molecule is CCc1ccc(N2C(=O)[C@H]3[C@H](CC=C4[C@H]3C[C@H]3C(=O)N(Nc5ccc(C)cc5)C(=O)[C@@]3(c3ccccc3)[C@H]4c3cc(C)c(O)c(C)c3)C2=O)cc1. The molecule has 0 bridgehead atoms. The minimum absolute atomic E-state index is 0.173. The number of carbonyl (C=O) groups is 4. The highest BCUT2D eigenvalue weighted by Crippen LogP contribution is 2.64. The van der Waals surface area contributed by atoms with Gasteiger partial charge < -0.3 is 5.11 Å². The van der Waals surface area contributed by atoms with Crippen LogP contribution in [0.1, 0.15) is 59.1 Å². The molecule has 1 saturated carbocycles. The number of hydrogen-bond donors (Lipinski definition) is 2.